The summed E-state index contributed by atoms with van der Waals surface area (Å²) in [5.74, 6) is -1.83. The summed E-state index contributed by atoms with van der Waals surface area (Å²) in [6.07, 6.45) is 2.13. The summed E-state index contributed by atoms with van der Waals surface area (Å²) in [4.78, 5) is 22.9. The summed E-state index contributed by atoms with van der Waals surface area (Å²) < 4.78 is 0. The third-order valence-electron chi connectivity index (χ3n) is 3.22. The maximum Gasteiger partial charge on any atom is 0.307 e. The molecule has 2 rings (SSSR count). The van der Waals surface area contributed by atoms with Gasteiger partial charge in [0.25, 0.3) is 0 Å². The molecule has 1 fully saturated rings. The summed E-state index contributed by atoms with van der Waals surface area (Å²) in [7, 11) is 0. The average Bonchev–Trinajstić information content (AvgIpc) is 2.96. The molecule has 0 aliphatic heterocycles. The molecular weight excluding hydrogens is 238 g/mol. The molecule has 1 aliphatic carbocycles. The number of hydrogen-bond donors (Lipinski definition) is 2. The predicted molar refractivity (Wildman–Crippen MR) is 64.6 cm³/mol. The van der Waals surface area contributed by atoms with E-state index in [0.717, 1.165) is 12.0 Å². The number of rotatable bonds is 4. The van der Waals surface area contributed by atoms with E-state index in [1.54, 1.807) is 11.3 Å². The first-order valence-corrected chi connectivity index (χ1v) is 6.64. The van der Waals surface area contributed by atoms with Gasteiger partial charge in [-0.3, -0.25) is 9.59 Å². The van der Waals surface area contributed by atoms with Crippen LogP contribution >= 0.6 is 11.3 Å². The largest absolute Gasteiger partial charge is 0.481 e. The fourth-order valence-electron chi connectivity index (χ4n) is 2.28. The molecule has 0 saturated heterocycles. The van der Waals surface area contributed by atoms with E-state index >= 15 is 0 Å². The molecule has 17 heavy (non-hydrogen) atoms. The highest BCUT2D eigenvalue weighted by Crippen LogP contribution is 2.32. The Labute approximate surface area is 104 Å². The molecule has 0 aromatic carbocycles. The molecule has 92 valence electrons. The Morgan fingerprint density at radius 3 is 2.82 bits per heavy atom. The molecule has 5 heteroatoms. The second-order valence-electron chi connectivity index (χ2n) is 4.33. The maximum absolute atomic E-state index is 11.9. The smallest absolute Gasteiger partial charge is 0.307 e. The molecule has 1 heterocycles. The zero-order valence-electron chi connectivity index (χ0n) is 9.39. The summed E-state index contributed by atoms with van der Waals surface area (Å²) in [6, 6.07) is 1.95. The summed E-state index contributed by atoms with van der Waals surface area (Å²) in [5.41, 5.74) is 1.06. The van der Waals surface area contributed by atoms with Crippen molar-refractivity contribution in [1.29, 1.82) is 0 Å². The molecule has 0 spiro atoms. The van der Waals surface area contributed by atoms with Gasteiger partial charge < -0.3 is 10.4 Å². The normalized spacial score (nSPS) is 23.5. The van der Waals surface area contributed by atoms with Crippen LogP contribution in [-0.2, 0) is 16.1 Å². The van der Waals surface area contributed by atoms with E-state index < -0.39 is 11.9 Å². The van der Waals surface area contributed by atoms with Crippen molar-refractivity contribution in [3.63, 3.8) is 0 Å². The van der Waals surface area contributed by atoms with Crippen LogP contribution in [0, 0.1) is 11.8 Å². The number of aliphatic carboxylic acids is 1. The lowest BCUT2D eigenvalue weighted by Crippen LogP contribution is -2.34. The van der Waals surface area contributed by atoms with Crippen LogP contribution in [0.25, 0.3) is 0 Å². The van der Waals surface area contributed by atoms with Gasteiger partial charge in [0.2, 0.25) is 5.91 Å². The van der Waals surface area contributed by atoms with Gasteiger partial charge in [0.1, 0.15) is 0 Å². The fourth-order valence-corrected chi connectivity index (χ4v) is 2.95. The van der Waals surface area contributed by atoms with Crippen LogP contribution in [0.2, 0.25) is 0 Å². The molecule has 1 aromatic heterocycles. The lowest BCUT2D eigenvalue weighted by molar-refractivity contribution is -0.146. The Hall–Kier alpha value is -1.36. The van der Waals surface area contributed by atoms with Crippen LogP contribution < -0.4 is 5.32 Å². The third-order valence-corrected chi connectivity index (χ3v) is 3.95. The second kappa shape index (κ2) is 5.31. The van der Waals surface area contributed by atoms with Gasteiger partial charge in [0.05, 0.1) is 11.8 Å². The minimum atomic E-state index is -0.849. The van der Waals surface area contributed by atoms with Crippen molar-refractivity contribution < 1.29 is 14.7 Å². The van der Waals surface area contributed by atoms with Gasteiger partial charge in [-0.15, -0.1) is 0 Å². The number of carboxylic acids is 1. The van der Waals surface area contributed by atoms with Gasteiger partial charge >= 0.3 is 5.97 Å². The van der Waals surface area contributed by atoms with Gasteiger partial charge in [-0.05, 0) is 35.2 Å². The summed E-state index contributed by atoms with van der Waals surface area (Å²) >= 11 is 1.58. The van der Waals surface area contributed by atoms with Gasteiger partial charge in [0.15, 0.2) is 0 Å². The van der Waals surface area contributed by atoms with E-state index in [0.29, 0.717) is 19.4 Å². The van der Waals surface area contributed by atoms with Crippen LogP contribution in [0.1, 0.15) is 24.8 Å². The second-order valence-corrected chi connectivity index (χ2v) is 5.11. The molecule has 1 aliphatic rings. The monoisotopic (exact) mass is 253 g/mol. The van der Waals surface area contributed by atoms with Crippen LogP contribution in [0.15, 0.2) is 16.8 Å². The van der Waals surface area contributed by atoms with Crippen LogP contribution in [0.3, 0.4) is 0 Å². The molecule has 1 aromatic rings. The first-order valence-electron chi connectivity index (χ1n) is 5.70. The highest BCUT2D eigenvalue weighted by molar-refractivity contribution is 7.07. The van der Waals surface area contributed by atoms with E-state index in [1.165, 1.54) is 0 Å². The highest BCUT2D eigenvalue weighted by Gasteiger charge is 2.37. The molecule has 2 N–H and O–H groups in total. The van der Waals surface area contributed by atoms with Gasteiger partial charge in [-0.1, -0.05) is 6.42 Å². The standard InChI is InChI=1S/C12H15NO3S/c14-11(13-6-8-4-5-17-7-8)9-2-1-3-10(9)12(15)16/h4-5,7,9-10H,1-3,6H2,(H,13,14)(H,15,16). The lowest BCUT2D eigenvalue weighted by Gasteiger charge is -2.15. The Morgan fingerprint density at radius 2 is 2.18 bits per heavy atom. The quantitative estimate of drug-likeness (QED) is 0.860. The molecular formula is C12H15NO3S. The third kappa shape index (κ3) is 2.85. The number of carboxylic acid groups (broad SMARTS) is 1. The molecule has 2 atom stereocenters. The SMILES string of the molecule is O=C(O)C1CCCC1C(=O)NCc1ccsc1. The number of carbonyl (C=O) groups is 2. The Balaban J connectivity index is 1.89. The average molecular weight is 253 g/mol. The number of carbonyl (C=O) groups excluding carboxylic acids is 1. The Bertz CT molecular complexity index is 402. The van der Waals surface area contributed by atoms with Crippen molar-refractivity contribution in [2.45, 2.75) is 25.8 Å². The van der Waals surface area contributed by atoms with E-state index in [2.05, 4.69) is 5.32 Å². The van der Waals surface area contributed by atoms with Crippen LogP contribution in [-0.4, -0.2) is 17.0 Å². The van der Waals surface area contributed by atoms with Gasteiger partial charge in [0, 0.05) is 6.54 Å². The van der Waals surface area contributed by atoms with Crippen molar-refractivity contribution in [3.05, 3.63) is 22.4 Å². The van der Waals surface area contributed by atoms with Gasteiger partial charge in [-0.2, -0.15) is 11.3 Å². The van der Waals surface area contributed by atoms with Crippen LogP contribution in [0.4, 0.5) is 0 Å². The predicted octanol–water partition coefficient (Wildman–Crippen LogP) is 1.87. The van der Waals surface area contributed by atoms with Crippen molar-refractivity contribution in [1.82, 2.24) is 5.32 Å². The van der Waals surface area contributed by atoms with Crippen molar-refractivity contribution in [2.24, 2.45) is 11.8 Å². The molecule has 1 saturated carbocycles. The fraction of sp³-hybridized carbons (Fsp3) is 0.500. The lowest BCUT2D eigenvalue weighted by atomic mass is 9.95. The van der Waals surface area contributed by atoms with E-state index in [1.807, 2.05) is 16.8 Å². The number of amides is 1. The van der Waals surface area contributed by atoms with Gasteiger partial charge in [-0.25, -0.2) is 0 Å². The number of hydrogen-bond acceptors (Lipinski definition) is 3. The molecule has 1 amide bonds. The minimum absolute atomic E-state index is 0.124. The molecule has 2 unspecified atom stereocenters. The summed E-state index contributed by atoms with van der Waals surface area (Å²) in [5, 5.41) is 15.8. The topological polar surface area (TPSA) is 66.4 Å². The highest BCUT2D eigenvalue weighted by atomic mass is 32.1. The van der Waals surface area contributed by atoms with Crippen LogP contribution in [0.5, 0.6) is 0 Å². The first-order chi connectivity index (χ1) is 8.18. The zero-order valence-corrected chi connectivity index (χ0v) is 10.2. The van der Waals surface area contributed by atoms with E-state index in [4.69, 9.17) is 5.11 Å². The number of thiophene rings is 1. The first kappa shape index (κ1) is 12.1. The van der Waals surface area contributed by atoms with Crippen molar-refractivity contribution >= 4 is 23.2 Å². The summed E-state index contributed by atoms with van der Waals surface area (Å²) in [6.45, 7) is 0.491. The van der Waals surface area contributed by atoms with Crippen molar-refractivity contribution in [2.75, 3.05) is 0 Å². The minimum Gasteiger partial charge on any atom is -0.481 e. The maximum atomic E-state index is 11.9. The van der Waals surface area contributed by atoms with Crippen molar-refractivity contribution in [3.8, 4) is 0 Å². The Morgan fingerprint density at radius 1 is 1.41 bits per heavy atom. The zero-order chi connectivity index (χ0) is 12.3. The Kier molecular flexibility index (Phi) is 3.78. The molecule has 4 nitrogen and oxygen atoms in total. The number of nitrogens with one attached hydrogen (secondary N) is 1. The van der Waals surface area contributed by atoms with E-state index in [9.17, 15) is 9.59 Å². The molecule has 0 radical (unpaired) electrons. The van der Waals surface area contributed by atoms with E-state index in [-0.39, 0.29) is 11.8 Å². The molecule has 0 bridgehead atoms.